The molecule has 1 aliphatic rings. The molecule has 1 fully saturated rings. The number of hydrogen-bond acceptors (Lipinski definition) is 5. The summed E-state index contributed by atoms with van der Waals surface area (Å²) in [5, 5.41) is 6.76. The van der Waals surface area contributed by atoms with Crippen LogP contribution in [0.4, 0.5) is 4.39 Å². The number of morpholine rings is 1. The van der Waals surface area contributed by atoms with E-state index in [0.29, 0.717) is 30.2 Å². The van der Waals surface area contributed by atoms with Gasteiger partial charge in [-0.15, -0.1) is 0 Å². The van der Waals surface area contributed by atoms with E-state index < -0.39 is 0 Å². The smallest absolute Gasteiger partial charge is 0.237 e. The lowest BCUT2D eigenvalue weighted by Crippen LogP contribution is -2.50. The Morgan fingerprint density at radius 3 is 2.84 bits per heavy atom. The van der Waals surface area contributed by atoms with Gasteiger partial charge >= 0.3 is 0 Å². The van der Waals surface area contributed by atoms with Gasteiger partial charge in [-0.2, -0.15) is 0 Å². The number of hydrogen-bond donors (Lipinski definition) is 1. The highest BCUT2D eigenvalue weighted by molar-refractivity contribution is 5.81. The van der Waals surface area contributed by atoms with E-state index in [2.05, 4.69) is 15.4 Å². The van der Waals surface area contributed by atoms with E-state index >= 15 is 0 Å². The molecule has 0 aliphatic carbocycles. The highest BCUT2D eigenvalue weighted by atomic mass is 19.1. The molecule has 1 amide bonds. The highest BCUT2D eigenvalue weighted by Gasteiger charge is 2.25. The number of benzene rings is 1. The average molecular weight is 347 g/mol. The Balaban J connectivity index is 1.59. The third kappa shape index (κ3) is 4.24. The van der Waals surface area contributed by atoms with E-state index in [1.54, 1.807) is 24.3 Å². The van der Waals surface area contributed by atoms with Gasteiger partial charge in [-0.05, 0) is 18.6 Å². The molecule has 1 saturated heterocycles. The zero-order valence-electron chi connectivity index (χ0n) is 14.2. The van der Waals surface area contributed by atoms with Gasteiger partial charge in [-0.25, -0.2) is 4.39 Å². The van der Waals surface area contributed by atoms with E-state index in [1.165, 1.54) is 6.07 Å². The highest BCUT2D eigenvalue weighted by Crippen LogP contribution is 2.22. The number of amides is 1. The van der Waals surface area contributed by atoms with Crippen LogP contribution in [0.3, 0.4) is 0 Å². The Bertz CT molecular complexity index is 713. The molecule has 1 N–H and O–H groups in total. The molecule has 0 unspecified atom stereocenters. The molecular formula is C18H22FN3O3. The Hall–Kier alpha value is -2.25. The van der Waals surface area contributed by atoms with Gasteiger partial charge < -0.3 is 14.6 Å². The van der Waals surface area contributed by atoms with Crippen LogP contribution in [0.15, 0.2) is 34.9 Å². The number of halogens is 1. The lowest BCUT2D eigenvalue weighted by molar-refractivity contribution is -0.128. The summed E-state index contributed by atoms with van der Waals surface area (Å²) in [5.74, 6) is 0.0847. The maximum atomic E-state index is 13.8. The number of rotatable bonds is 6. The summed E-state index contributed by atoms with van der Waals surface area (Å²) in [6, 6.07) is 7.84. The van der Waals surface area contributed by atoms with Crippen molar-refractivity contribution < 1.29 is 18.4 Å². The van der Waals surface area contributed by atoms with Crippen LogP contribution < -0.4 is 5.32 Å². The fourth-order valence-electron chi connectivity index (χ4n) is 2.98. The van der Waals surface area contributed by atoms with E-state index in [9.17, 15) is 9.18 Å². The summed E-state index contributed by atoms with van der Waals surface area (Å²) in [4.78, 5) is 14.6. The number of nitrogens with one attached hydrogen (secondary N) is 1. The molecule has 1 aromatic carbocycles. The van der Waals surface area contributed by atoms with E-state index in [0.717, 1.165) is 19.5 Å². The maximum Gasteiger partial charge on any atom is 0.237 e. The van der Waals surface area contributed by atoms with Crippen LogP contribution >= 0.6 is 0 Å². The molecule has 1 atom stereocenters. The summed E-state index contributed by atoms with van der Waals surface area (Å²) in [6.45, 7) is 5.03. The Morgan fingerprint density at radius 2 is 2.12 bits per heavy atom. The lowest BCUT2D eigenvalue weighted by atomic mass is 10.1. The first kappa shape index (κ1) is 17.6. The Kier molecular flexibility index (Phi) is 5.78. The number of carbonyl (C=O) groups is 1. The quantitative estimate of drug-likeness (QED) is 0.868. The summed E-state index contributed by atoms with van der Waals surface area (Å²) < 4.78 is 24.3. The van der Waals surface area contributed by atoms with Crippen molar-refractivity contribution in [1.82, 2.24) is 15.4 Å². The first-order chi connectivity index (χ1) is 12.2. The topological polar surface area (TPSA) is 67.6 Å². The van der Waals surface area contributed by atoms with Crippen molar-refractivity contribution in [3.05, 3.63) is 41.9 Å². The fourth-order valence-corrected chi connectivity index (χ4v) is 2.98. The number of nitrogens with zero attached hydrogens (tertiary/aromatic N) is 2. The van der Waals surface area contributed by atoms with E-state index in [1.807, 2.05) is 6.92 Å². The van der Waals surface area contributed by atoms with Crippen molar-refractivity contribution in [2.75, 3.05) is 26.3 Å². The van der Waals surface area contributed by atoms with Crippen LogP contribution in [0.1, 0.15) is 19.1 Å². The van der Waals surface area contributed by atoms with Crippen LogP contribution in [-0.4, -0.2) is 48.3 Å². The van der Waals surface area contributed by atoms with Gasteiger partial charge in [0.2, 0.25) is 5.91 Å². The minimum atomic E-state index is -0.357. The molecule has 1 aromatic heterocycles. The van der Waals surface area contributed by atoms with Gasteiger partial charge in [-0.1, -0.05) is 24.2 Å². The van der Waals surface area contributed by atoms with Gasteiger partial charge in [-0.3, -0.25) is 9.69 Å². The largest absolute Gasteiger partial charge is 0.379 e. The molecule has 2 heterocycles. The molecule has 3 rings (SSSR count). The van der Waals surface area contributed by atoms with Crippen LogP contribution in [-0.2, 0) is 16.1 Å². The fraction of sp³-hybridized carbons (Fsp3) is 0.444. The molecular weight excluding hydrogens is 325 g/mol. The second-order valence-electron chi connectivity index (χ2n) is 5.95. The zero-order valence-corrected chi connectivity index (χ0v) is 14.2. The zero-order chi connectivity index (χ0) is 17.6. The maximum absolute atomic E-state index is 13.8. The molecule has 1 aliphatic heterocycles. The third-order valence-electron chi connectivity index (χ3n) is 4.32. The van der Waals surface area contributed by atoms with Gasteiger partial charge in [0.05, 0.1) is 25.8 Å². The van der Waals surface area contributed by atoms with Crippen LogP contribution in [0, 0.1) is 5.82 Å². The molecule has 0 spiro atoms. The SMILES string of the molecule is CC[C@@H](C(=O)NCc1cc(-c2ccccc2F)no1)N1CCOCC1. The van der Waals surface area contributed by atoms with Crippen molar-refractivity contribution in [3.63, 3.8) is 0 Å². The van der Waals surface area contributed by atoms with Crippen LogP contribution in [0.2, 0.25) is 0 Å². The van der Waals surface area contributed by atoms with Crippen molar-refractivity contribution in [1.29, 1.82) is 0 Å². The number of ether oxygens (including phenoxy) is 1. The molecule has 6 nitrogen and oxygen atoms in total. The summed E-state index contributed by atoms with van der Waals surface area (Å²) in [7, 11) is 0. The van der Waals surface area contributed by atoms with Crippen molar-refractivity contribution in [2.24, 2.45) is 0 Å². The van der Waals surface area contributed by atoms with Gasteiger partial charge in [0.15, 0.2) is 5.76 Å². The molecule has 0 saturated carbocycles. The van der Waals surface area contributed by atoms with Gasteiger partial charge in [0.25, 0.3) is 0 Å². The standard InChI is InChI=1S/C18H22FN3O3/c1-2-17(22-7-9-24-10-8-22)18(23)20-12-13-11-16(21-25-13)14-5-3-4-6-15(14)19/h3-6,11,17H,2,7-10,12H2,1H3,(H,20,23)/t17-/m0/s1. The molecule has 25 heavy (non-hydrogen) atoms. The Labute approximate surface area is 145 Å². The third-order valence-corrected chi connectivity index (χ3v) is 4.32. The normalized spacial score (nSPS) is 16.6. The molecule has 2 aromatic rings. The Morgan fingerprint density at radius 1 is 1.36 bits per heavy atom. The second kappa shape index (κ2) is 8.22. The predicted octanol–water partition coefficient (Wildman–Crippen LogP) is 2.21. The van der Waals surface area contributed by atoms with E-state index in [4.69, 9.17) is 9.26 Å². The molecule has 0 radical (unpaired) electrons. The van der Waals surface area contributed by atoms with Gasteiger partial charge in [0.1, 0.15) is 11.5 Å². The predicted molar refractivity (Wildman–Crippen MR) is 90.2 cm³/mol. The van der Waals surface area contributed by atoms with Crippen molar-refractivity contribution in [3.8, 4) is 11.3 Å². The number of aromatic nitrogens is 1. The molecule has 134 valence electrons. The summed E-state index contributed by atoms with van der Waals surface area (Å²) in [5.41, 5.74) is 0.797. The first-order valence-electron chi connectivity index (χ1n) is 8.49. The summed E-state index contributed by atoms with van der Waals surface area (Å²) in [6.07, 6.45) is 0.725. The van der Waals surface area contributed by atoms with Crippen LogP contribution in [0.25, 0.3) is 11.3 Å². The second-order valence-corrected chi connectivity index (χ2v) is 5.95. The average Bonchev–Trinajstić information content (AvgIpc) is 3.11. The number of carbonyl (C=O) groups excluding carboxylic acids is 1. The first-order valence-corrected chi connectivity index (χ1v) is 8.49. The van der Waals surface area contributed by atoms with Crippen molar-refractivity contribution >= 4 is 5.91 Å². The summed E-state index contributed by atoms with van der Waals surface area (Å²) >= 11 is 0. The van der Waals surface area contributed by atoms with Gasteiger partial charge in [0, 0.05) is 24.7 Å². The minimum absolute atomic E-state index is 0.0479. The van der Waals surface area contributed by atoms with Crippen molar-refractivity contribution in [2.45, 2.75) is 25.9 Å². The lowest BCUT2D eigenvalue weighted by Gasteiger charge is -2.32. The van der Waals surface area contributed by atoms with Crippen LogP contribution in [0.5, 0.6) is 0 Å². The monoisotopic (exact) mass is 347 g/mol. The molecule has 7 heteroatoms. The van der Waals surface area contributed by atoms with E-state index in [-0.39, 0.29) is 24.3 Å². The molecule has 0 bridgehead atoms. The minimum Gasteiger partial charge on any atom is -0.379 e.